The Morgan fingerprint density at radius 3 is 2.53 bits per heavy atom. The quantitative estimate of drug-likeness (QED) is 0.441. The predicted octanol–water partition coefficient (Wildman–Crippen LogP) is 5.30. The number of carboxylic acid groups (broad SMARTS) is 1. The van der Waals surface area contributed by atoms with Crippen LogP contribution in [0.1, 0.15) is 43.6 Å². The number of anilines is 1. The molecule has 7 nitrogen and oxygen atoms in total. The molecule has 1 aromatic heterocycles. The van der Waals surface area contributed by atoms with Gasteiger partial charge in [-0.25, -0.2) is 4.98 Å². The van der Waals surface area contributed by atoms with Gasteiger partial charge in [0.2, 0.25) is 5.88 Å². The van der Waals surface area contributed by atoms with E-state index in [1.54, 1.807) is 18.3 Å². The van der Waals surface area contributed by atoms with E-state index in [9.17, 15) is 23.1 Å². The van der Waals surface area contributed by atoms with Gasteiger partial charge in [0.15, 0.2) is 6.61 Å². The molecular weight excluding hydrogens is 477 g/mol. The number of rotatable bonds is 11. The van der Waals surface area contributed by atoms with Crippen LogP contribution in [0.15, 0.2) is 36.5 Å². The zero-order valence-corrected chi connectivity index (χ0v) is 20.2. The van der Waals surface area contributed by atoms with Crippen LogP contribution in [-0.4, -0.2) is 55.6 Å². The number of halogens is 3. The molecule has 10 heteroatoms. The average Bonchev–Trinajstić information content (AvgIpc) is 3.70. The lowest BCUT2D eigenvalue weighted by Gasteiger charge is -2.34. The molecule has 2 heterocycles. The summed E-state index contributed by atoms with van der Waals surface area (Å²) in [7, 11) is 1.51. The molecule has 0 spiro atoms. The Morgan fingerprint density at radius 1 is 1.14 bits per heavy atom. The zero-order valence-electron chi connectivity index (χ0n) is 20.2. The van der Waals surface area contributed by atoms with Crippen LogP contribution in [0.4, 0.5) is 18.9 Å². The maximum absolute atomic E-state index is 12.7. The molecule has 1 saturated carbocycles. The van der Waals surface area contributed by atoms with Crippen LogP contribution >= 0.6 is 0 Å². The number of pyridine rings is 1. The third kappa shape index (κ3) is 7.18. The molecule has 2 aromatic rings. The van der Waals surface area contributed by atoms with Crippen LogP contribution < -0.4 is 19.1 Å². The number of nitrogens with zero attached hydrogens (tertiary/aromatic N) is 2. The molecule has 1 aromatic carbocycles. The third-order valence-corrected chi connectivity index (χ3v) is 6.75. The van der Waals surface area contributed by atoms with E-state index in [0.717, 1.165) is 31.2 Å². The summed E-state index contributed by atoms with van der Waals surface area (Å²) in [5.74, 6) is 1.05. The molecule has 196 valence electrons. The molecule has 1 aliphatic heterocycles. The van der Waals surface area contributed by atoms with Crippen molar-refractivity contribution in [1.82, 2.24) is 4.98 Å². The van der Waals surface area contributed by atoms with E-state index in [4.69, 9.17) is 14.2 Å². The van der Waals surface area contributed by atoms with E-state index in [-0.39, 0.29) is 24.0 Å². The van der Waals surface area contributed by atoms with E-state index in [1.807, 2.05) is 17.0 Å². The first kappa shape index (κ1) is 25.9. The normalized spacial score (nSPS) is 17.5. The topological polar surface area (TPSA) is 81.1 Å². The second-order valence-electron chi connectivity index (χ2n) is 9.45. The standard InChI is InChI=1S/C26H31F3N2O5/c1-34-20-4-5-23(36-16-26(27,28)29)22(13-20)31-10-7-17(8-11-31)15-35-24-12-19(6-9-30-24)21(14-25(32)33)18-2-3-18/h4-6,9,12-13,17-18,21H,2-3,7-8,10-11,14-16H2,1H3,(H,32,33). The number of piperidine rings is 1. The van der Waals surface area contributed by atoms with Gasteiger partial charge in [-0.1, -0.05) is 0 Å². The predicted molar refractivity (Wildman–Crippen MR) is 127 cm³/mol. The molecule has 0 radical (unpaired) electrons. The molecule has 2 fully saturated rings. The first-order valence-electron chi connectivity index (χ1n) is 12.1. The van der Waals surface area contributed by atoms with Crippen molar-refractivity contribution in [2.24, 2.45) is 11.8 Å². The molecule has 4 rings (SSSR count). The Kier molecular flexibility index (Phi) is 8.11. The lowest BCUT2D eigenvalue weighted by molar-refractivity contribution is -0.153. The smallest absolute Gasteiger partial charge is 0.422 e. The molecule has 1 unspecified atom stereocenters. The highest BCUT2D eigenvalue weighted by atomic mass is 19.4. The van der Waals surface area contributed by atoms with Crippen molar-refractivity contribution in [3.63, 3.8) is 0 Å². The first-order valence-corrected chi connectivity index (χ1v) is 12.1. The minimum Gasteiger partial charge on any atom is -0.497 e. The van der Waals surface area contributed by atoms with E-state index >= 15 is 0 Å². The van der Waals surface area contributed by atoms with E-state index in [0.29, 0.717) is 42.9 Å². The Bertz CT molecular complexity index is 1040. The van der Waals surface area contributed by atoms with E-state index < -0.39 is 18.8 Å². The molecule has 36 heavy (non-hydrogen) atoms. The number of aliphatic carboxylic acids is 1. The highest BCUT2D eigenvalue weighted by Crippen LogP contribution is 2.45. The number of hydrogen-bond acceptors (Lipinski definition) is 6. The van der Waals surface area contributed by atoms with Gasteiger partial charge in [-0.05, 0) is 67.2 Å². The lowest BCUT2D eigenvalue weighted by Crippen LogP contribution is -2.36. The Morgan fingerprint density at radius 2 is 1.89 bits per heavy atom. The van der Waals surface area contributed by atoms with Gasteiger partial charge in [0.1, 0.15) is 11.5 Å². The molecular formula is C26H31F3N2O5. The van der Waals surface area contributed by atoms with Gasteiger partial charge < -0.3 is 24.2 Å². The van der Waals surface area contributed by atoms with E-state index in [2.05, 4.69) is 4.98 Å². The first-order chi connectivity index (χ1) is 17.2. The van der Waals surface area contributed by atoms with Gasteiger partial charge in [-0.3, -0.25) is 4.79 Å². The van der Waals surface area contributed by atoms with Gasteiger partial charge in [0, 0.05) is 31.4 Å². The monoisotopic (exact) mass is 508 g/mol. The summed E-state index contributed by atoms with van der Waals surface area (Å²) < 4.78 is 54.4. The number of carboxylic acids is 1. The molecule has 1 saturated heterocycles. The molecule has 0 bridgehead atoms. The van der Waals surface area contributed by atoms with Gasteiger partial charge in [-0.2, -0.15) is 13.2 Å². The largest absolute Gasteiger partial charge is 0.497 e. The second-order valence-corrected chi connectivity index (χ2v) is 9.45. The van der Waals surface area contributed by atoms with Crippen LogP contribution in [0.25, 0.3) is 0 Å². The number of methoxy groups -OCH3 is 1. The number of aromatic nitrogens is 1. The molecule has 1 N–H and O–H groups in total. The maximum Gasteiger partial charge on any atom is 0.422 e. The molecule has 1 aliphatic carbocycles. The van der Waals surface area contributed by atoms with Crippen molar-refractivity contribution in [2.75, 3.05) is 38.3 Å². The van der Waals surface area contributed by atoms with Crippen molar-refractivity contribution in [3.8, 4) is 17.4 Å². The number of alkyl halides is 3. The Balaban J connectivity index is 1.33. The van der Waals surface area contributed by atoms with Crippen molar-refractivity contribution in [2.45, 2.75) is 44.2 Å². The fourth-order valence-electron chi connectivity index (χ4n) is 4.67. The van der Waals surface area contributed by atoms with E-state index in [1.165, 1.54) is 13.2 Å². The summed E-state index contributed by atoms with van der Waals surface area (Å²) in [5.41, 5.74) is 1.53. The average molecular weight is 509 g/mol. The van der Waals surface area contributed by atoms with Crippen molar-refractivity contribution in [3.05, 3.63) is 42.1 Å². The number of hydrogen-bond donors (Lipinski definition) is 1. The van der Waals surface area contributed by atoms with Crippen LogP contribution in [0.5, 0.6) is 17.4 Å². The Labute approximate surface area is 208 Å². The fraction of sp³-hybridized carbons (Fsp3) is 0.538. The molecule has 2 aliphatic rings. The lowest BCUT2D eigenvalue weighted by atomic mass is 9.92. The summed E-state index contributed by atoms with van der Waals surface area (Å²) in [5, 5.41) is 9.26. The number of benzene rings is 1. The third-order valence-electron chi connectivity index (χ3n) is 6.75. The summed E-state index contributed by atoms with van der Waals surface area (Å²) in [4.78, 5) is 17.6. The van der Waals surface area contributed by atoms with Gasteiger partial charge in [0.05, 0.1) is 25.8 Å². The Hall–Kier alpha value is -3.17. The summed E-state index contributed by atoms with van der Waals surface area (Å²) in [6, 6.07) is 8.50. The molecule has 1 atom stereocenters. The summed E-state index contributed by atoms with van der Waals surface area (Å²) in [6.45, 7) is 0.391. The summed E-state index contributed by atoms with van der Waals surface area (Å²) >= 11 is 0. The SMILES string of the molecule is COc1ccc(OCC(F)(F)F)c(N2CCC(COc3cc(C(CC(=O)O)C4CC4)ccn3)CC2)c1. The number of carbonyl (C=O) groups is 1. The molecule has 0 amide bonds. The van der Waals surface area contributed by atoms with Crippen molar-refractivity contribution < 1.29 is 37.3 Å². The number of ether oxygens (including phenoxy) is 3. The maximum atomic E-state index is 12.7. The fourth-order valence-corrected chi connectivity index (χ4v) is 4.67. The minimum atomic E-state index is -4.42. The zero-order chi connectivity index (χ0) is 25.7. The van der Waals surface area contributed by atoms with Gasteiger partial charge in [0.25, 0.3) is 0 Å². The minimum absolute atomic E-state index is 0.0206. The van der Waals surface area contributed by atoms with Gasteiger partial charge in [-0.15, -0.1) is 0 Å². The van der Waals surface area contributed by atoms with Crippen LogP contribution in [0.3, 0.4) is 0 Å². The van der Waals surface area contributed by atoms with Crippen LogP contribution in [-0.2, 0) is 4.79 Å². The second kappa shape index (κ2) is 11.3. The highest BCUT2D eigenvalue weighted by Gasteiger charge is 2.34. The van der Waals surface area contributed by atoms with Crippen molar-refractivity contribution >= 4 is 11.7 Å². The van der Waals surface area contributed by atoms with Crippen molar-refractivity contribution in [1.29, 1.82) is 0 Å². The highest BCUT2D eigenvalue weighted by molar-refractivity contribution is 5.68. The van der Waals surface area contributed by atoms with Crippen LogP contribution in [0, 0.1) is 11.8 Å². The van der Waals surface area contributed by atoms with Gasteiger partial charge >= 0.3 is 12.1 Å². The van der Waals surface area contributed by atoms with Crippen LogP contribution in [0.2, 0.25) is 0 Å². The summed E-state index contributed by atoms with van der Waals surface area (Å²) in [6.07, 6.45) is 1.02.